The summed E-state index contributed by atoms with van der Waals surface area (Å²) >= 11 is 0. The maximum Gasteiger partial charge on any atom is 0.238 e. The molecular formula is C13H14N4O2S. The van der Waals surface area contributed by atoms with Crippen molar-refractivity contribution in [2.45, 2.75) is 19.1 Å². The van der Waals surface area contributed by atoms with E-state index in [1.165, 1.54) is 0 Å². The molecule has 0 spiro atoms. The number of sulfonamides is 1. The van der Waals surface area contributed by atoms with Crippen molar-refractivity contribution in [3.63, 3.8) is 0 Å². The van der Waals surface area contributed by atoms with E-state index in [-0.39, 0.29) is 5.75 Å². The molecule has 0 fully saturated rings. The number of anilines is 1. The fraction of sp³-hybridized carbons (Fsp3) is 0.231. The minimum atomic E-state index is -3.55. The van der Waals surface area contributed by atoms with Gasteiger partial charge in [0.15, 0.2) is 0 Å². The van der Waals surface area contributed by atoms with E-state index >= 15 is 0 Å². The van der Waals surface area contributed by atoms with Crippen LogP contribution in [0.1, 0.15) is 23.6 Å². The van der Waals surface area contributed by atoms with Gasteiger partial charge in [0.1, 0.15) is 5.82 Å². The SMILES string of the molecule is CCc1cn[nH]c1NS(=O)(=O)Cc1cccc(C#N)c1. The molecule has 0 atom stereocenters. The maximum atomic E-state index is 12.1. The number of benzene rings is 1. The van der Waals surface area contributed by atoms with Crippen molar-refractivity contribution in [3.8, 4) is 6.07 Å². The first kappa shape index (κ1) is 14.1. The Morgan fingerprint density at radius 2 is 2.25 bits per heavy atom. The molecule has 0 aliphatic rings. The van der Waals surface area contributed by atoms with Crippen LogP contribution in [0.25, 0.3) is 0 Å². The molecule has 2 N–H and O–H groups in total. The molecule has 2 aromatic rings. The summed E-state index contributed by atoms with van der Waals surface area (Å²) in [6.07, 6.45) is 2.27. The van der Waals surface area contributed by atoms with Gasteiger partial charge in [0.2, 0.25) is 10.0 Å². The van der Waals surface area contributed by atoms with Gasteiger partial charge in [-0.3, -0.25) is 9.82 Å². The number of H-pyrrole nitrogens is 1. The number of nitrogens with one attached hydrogen (secondary N) is 2. The Morgan fingerprint density at radius 1 is 1.45 bits per heavy atom. The summed E-state index contributed by atoms with van der Waals surface area (Å²) in [4.78, 5) is 0. The Balaban J connectivity index is 2.17. The lowest BCUT2D eigenvalue weighted by molar-refractivity contribution is 0.600. The van der Waals surface area contributed by atoms with Crippen LogP contribution < -0.4 is 4.72 Å². The zero-order chi connectivity index (χ0) is 14.6. The third kappa shape index (κ3) is 3.36. The van der Waals surface area contributed by atoms with Crippen LogP contribution in [0.2, 0.25) is 0 Å². The van der Waals surface area contributed by atoms with Crippen LogP contribution in [0.15, 0.2) is 30.5 Å². The second kappa shape index (κ2) is 5.75. The number of aryl methyl sites for hydroxylation is 1. The summed E-state index contributed by atoms with van der Waals surface area (Å²) in [5.74, 6) is 0.203. The van der Waals surface area contributed by atoms with E-state index < -0.39 is 10.0 Å². The van der Waals surface area contributed by atoms with Gasteiger partial charge < -0.3 is 0 Å². The molecular weight excluding hydrogens is 276 g/mol. The number of nitrogens with zero attached hydrogens (tertiary/aromatic N) is 2. The molecule has 20 heavy (non-hydrogen) atoms. The first-order valence-corrected chi connectivity index (χ1v) is 7.71. The van der Waals surface area contributed by atoms with Gasteiger partial charge in [-0.1, -0.05) is 19.1 Å². The van der Waals surface area contributed by atoms with Crippen molar-refractivity contribution in [2.24, 2.45) is 0 Å². The molecule has 0 unspecified atom stereocenters. The van der Waals surface area contributed by atoms with Crippen LogP contribution in [0.4, 0.5) is 5.82 Å². The molecule has 1 aromatic carbocycles. The average Bonchev–Trinajstić information content (AvgIpc) is 2.84. The molecule has 1 aromatic heterocycles. The van der Waals surface area contributed by atoms with Gasteiger partial charge >= 0.3 is 0 Å². The largest absolute Gasteiger partial charge is 0.267 e. The topological polar surface area (TPSA) is 98.6 Å². The van der Waals surface area contributed by atoms with E-state index in [1.54, 1.807) is 30.5 Å². The van der Waals surface area contributed by atoms with Crippen LogP contribution in [-0.2, 0) is 22.2 Å². The van der Waals surface area contributed by atoms with Gasteiger partial charge in [-0.2, -0.15) is 10.4 Å². The van der Waals surface area contributed by atoms with E-state index in [9.17, 15) is 8.42 Å². The predicted molar refractivity (Wildman–Crippen MR) is 75.4 cm³/mol. The minimum absolute atomic E-state index is 0.190. The highest BCUT2D eigenvalue weighted by atomic mass is 32.2. The van der Waals surface area contributed by atoms with Gasteiger partial charge in [0, 0.05) is 5.56 Å². The van der Waals surface area contributed by atoms with Crippen LogP contribution in [-0.4, -0.2) is 18.6 Å². The molecule has 6 nitrogen and oxygen atoms in total. The van der Waals surface area contributed by atoms with Crippen molar-refractivity contribution < 1.29 is 8.42 Å². The average molecular weight is 290 g/mol. The Hall–Kier alpha value is -2.33. The fourth-order valence-corrected chi connectivity index (χ4v) is 2.99. The van der Waals surface area contributed by atoms with Gasteiger partial charge in [-0.25, -0.2) is 8.42 Å². The standard InChI is InChI=1S/C13H14N4O2S/c1-2-12-8-15-16-13(12)17-20(18,19)9-11-5-3-4-10(6-11)7-14/h3-6,8H,2,9H2,1H3,(H2,15,16,17). The van der Waals surface area contributed by atoms with E-state index in [2.05, 4.69) is 14.9 Å². The van der Waals surface area contributed by atoms with Crippen LogP contribution in [0, 0.1) is 11.3 Å². The summed E-state index contributed by atoms with van der Waals surface area (Å²) in [5.41, 5.74) is 1.81. The fourth-order valence-electron chi connectivity index (χ4n) is 1.81. The lowest BCUT2D eigenvalue weighted by Crippen LogP contribution is -2.16. The van der Waals surface area contributed by atoms with Crippen molar-refractivity contribution in [2.75, 3.05) is 4.72 Å². The van der Waals surface area contributed by atoms with E-state index in [1.807, 2.05) is 13.0 Å². The number of hydrogen-bond donors (Lipinski definition) is 2. The molecule has 0 saturated heterocycles. The minimum Gasteiger partial charge on any atom is -0.267 e. The van der Waals surface area contributed by atoms with Crippen molar-refractivity contribution in [3.05, 3.63) is 47.2 Å². The van der Waals surface area contributed by atoms with Crippen LogP contribution in [0.3, 0.4) is 0 Å². The molecule has 104 valence electrons. The second-order valence-electron chi connectivity index (χ2n) is 4.30. The second-order valence-corrected chi connectivity index (χ2v) is 6.02. The number of rotatable bonds is 5. The number of aromatic amines is 1. The first-order valence-electron chi connectivity index (χ1n) is 6.06. The third-order valence-corrected chi connectivity index (χ3v) is 4.00. The normalized spacial score (nSPS) is 11.0. The first-order chi connectivity index (χ1) is 9.54. The number of hydrogen-bond acceptors (Lipinski definition) is 4. The quantitative estimate of drug-likeness (QED) is 0.876. The van der Waals surface area contributed by atoms with E-state index in [0.717, 1.165) is 5.56 Å². The van der Waals surface area contributed by atoms with Crippen LogP contribution >= 0.6 is 0 Å². The summed E-state index contributed by atoms with van der Waals surface area (Å²) in [6.45, 7) is 1.92. The molecule has 0 aliphatic carbocycles. The smallest absolute Gasteiger partial charge is 0.238 e. The zero-order valence-corrected chi connectivity index (χ0v) is 11.7. The monoisotopic (exact) mass is 290 g/mol. The Bertz CT molecular complexity index is 744. The zero-order valence-electron chi connectivity index (χ0n) is 10.9. The van der Waals surface area contributed by atoms with E-state index in [4.69, 9.17) is 5.26 Å². The summed E-state index contributed by atoms with van der Waals surface area (Å²) in [5, 5.41) is 15.3. The third-order valence-electron chi connectivity index (χ3n) is 2.77. The molecule has 1 heterocycles. The van der Waals surface area contributed by atoms with E-state index in [0.29, 0.717) is 23.4 Å². The Labute approximate surface area is 117 Å². The lowest BCUT2D eigenvalue weighted by atomic mass is 10.2. The van der Waals surface area contributed by atoms with Gasteiger partial charge in [-0.15, -0.1) is 0 Å². The molecule has 7 heteroatoms. The highest BCUT2D eigenvalue weighted by Crippen LogP contribution is 2.16. The van der Waals surface area contributed by atoms with Crippen molar-refractivity contribution in [1.29, 1.82) is 5.26 Å². The number of aromatic nitrogens is 2. The predicted octanol–water partition coefficient (Wildman–Crippen LogP) is 1.79. The van der Waals surface area contributed by atoms with Gasteiger partial charge in [-0.05, 0) is 24.1 Å². The molecule has 2 rings (SSSR count). The molecule has 0 saturated carbocycles. The molecule has 0 amide bonds. The Morgan fingerprint density at radius 3 is 2.95 bits per heavy atom. The van der Waals surface area contributed by atoms with Gasteiger partial charge in [0.05, 0.1) is 23.6 Å². The highest BCUT2D eigenvalue weighted by Gasteiger charge is 2.15. The molecule has 0 radical (unpaired) electrons. The highest BCUT2D eigenvalue weighted by molar-refractivity contribution is 7.91. The lowest BCUT2D eigenvalue weighted by Gasteiger charge is -2.07. The number of nitriles is 1. The molecule has 0 aliphatic heterocycles. The van der Waals surface area contributed by atoms with Gasteiger partial charge in [0.25, 0.3) is 0 Å². The maximum absolute atomic E-state index is 12.1. The Kier molecular flexibility index (Phi) is 4.05. The summed E-state index contributed by atoms with van der Waals surface area (Å²) in [6, 6.07) is 8.52. The van der Waals surface area contributed by atoms with Crippen LogP contribution in [0.5, 0.6) is 0 Å². The van der Waals surface area contributed by atoms with Crippen molar-refractivity contribution in [1.82, 2.24) is 10.2 Å². The molecule has 0 bridgehead atoms. The van der Waals surface area contributed by atoms with Crippen molar-refractivity contribution >= 4 is 15.8 Å². The summed E-state index contributed by atoms with van der Waals surface area (Å²) in [7, 11) is -3.55. The summed E-state index contributed by atoms with van der Waals surface area (Å²) < 4.78 is 26.7.